The first-order valence-corrected chi connectivity index (χ1v) is 14.1. The molecule has 0 amide bonds. The zero-order valence-corrected chi connectivity index (χ0v) is 22.6. The lowest BCUT2D eigenvalue weighted by Gasteiger charge is -2.38. The van der Waals surface area contributed by atoms with E-state index in [9.17, 15) is 0 Å². The zero-order chi connectivity index (χ0) is 26.0. The van der Waals surface area contributed by atoms with E-state index in [1.165, 1.54) is 30.4 Å². The van der Waals surface area contributed by atoms with Crippen molar-refractivity contribution in [1.82, 2.24) is 4.90 Å². The molecule has 1 saturated carbocycles. The first-order valence-electron chi connectivity index (χ1n) is 14.1. The van der Waals surface area contributed by atoms with Crippen molar-refractivity contribution in [2.45, 2.75) is 70.0 Å². The van der Waals surface area contributed by atoms with Gasteiger partial charge in [0.25, 0.3) is 0 Å². The number of ether oxygens (including phenoxy) is 4. The molecular formula is C33H41NO4. The van der Waals surface area contributed by atoms with Gasteiger partial charge in [-0.05, 0) is 54.5 Å². The fraction of sp³-hybridized carbons (Fsp3) is 0.455. The van der Waals surface area contributed by atoms with Crippen LogP contribution in [0.1, 0.15) is 48.8 Å². The van der Waals surface area contributed by atoms with Gasteiger partial charge >= 0.3 is 0 Å². The van der Waals surface area contributed by atoms with E-state index in [1.807, 2.05) is 24.3 Å². The van der Waals surface area contributed by atoms with E-state index in [2.05, 4.69) is 59.5 Å². The fourth-order valence-corrected chi connectivity index (χ4v) is 5.72. The molecule has 1 unspecified atom stereocenters. The molecule has 3 atom stereocenters. The Morgan fingerprint density at radius 1 is 0.737 bits per heavy atom. The predicted molar refractivity (Wildman–Crippen MR) is 151 cm³/mol. The summed E-state index contributed by atoms with van der Waals surface area (Å²) in [6.07, 6.45) is 7.49. The van der Waals surface area contributed by atoms with Crippen LogP contribution in [0.4, 0.5) is 0 Å². The summed E-state index contributed by atoms with van der Waals surface area (Å²) in [5.41, 5.74) is 3.59. The summed E-state index contributed by atoms with van der Waals surface area (Å²) in [7, 11) is 1.70. The van der Waals surface area contributed by atoms with E-state index in [0.29, 0.717) is 31.5 Å². The number of methoxy groups -OCH3 is 1. The number of nitrogens with zero attached hydrogens (tertiary/aromatic N) is 1. The van der Waals surface area contributed by atoms with E-state index in [1.54, 1.807) is 7.11 Å². The molecule has 0 bridgehead atoms. The maximum absolute atomic E-state index is 6.53. The molecule has 2 aliphatic rings. The van der Waals surface area contributed by atoms with Gasteiger partial charge in [0.1, 0.15) is 6.61 Å². The van der Waals surface area contributed by atoms with Crippen molar-refractivity contribution < 1.29 is 18.9 Å². The average Bonchev–Trinajstić information content (AvgIpc) is 3.45. The highest BCUT2D eigenvalue weighted by atomic mass is 16.5. The van der Waals surface area contributed by atoms with Crippen molar-refractivity contribution in [3.8, 4) is 11.5 Å². The summed E-state index contributed by atoms with van der Waals surface area (Å²) in [6, 6.07) is 27.4. The van der Waals surface area contributed by atoms with Crippen LogP contribution in [-0.4, -0.2) is 50.0 Å². The zero-order valence-electron chi connectivity index (χ0n) is 22.6. The van der Waals surface area contributed by atoms with Gasteiger partial charge in [0.05, 0.1) is 32.5 Å². The number of rotatable bonds is 12. The molecule has 5 nitrogen and oxygen atoms in total. The lowest BCUT2D eigenvalue weighted by Crippen LogP contribution is -2.46. The molecule has 1 aliphatic carbocycles. The van der Waals surface area contributed by atoms with Gasteiger partial charge in [-0.2, -0.15) is 0 Å². The molecule has 0 spiro atoms. The van der Waals surface area contributed by atoms with Gasteiger partial charge in [-0.25, -0.2) is 0 Å². The standard InChI is InChI=1S/C33H41NO4/c1-35-33-22-26(16-17-32(33)38-25-28-12-6-3-7-13-28)19-21-36-31-15-9-8-14-30(31)34-20-18-29(23-34)37-24-27-10-4-2-5-11-27/h2-7,10-13,16-17,22,29-31H,8-9,14-15,18-21,23-25H2,1H3/t29-,30?,31-/m0/s1. The molecule has 1 aliphatic heterocycles. The van der Waals surface area contributed by atoms with Crippen LogP contribution < -0.4 is 9.47 Å². The van der Waals surface area contributed by atoms with Gasteiger partial charge in [0.2, 0.25) is 0 Å². The Balaban J connectivity index is 1.09. The molecule has 0 N–H and O–H groups in total. The Labute approximate surface area is 227 Å². The van der Waals surface area contributed by atoms with Gasteiger partial charge in [-0.1, -0.05) is 79.6 Å². The molecule has 3 aromatic carbocycles. The van der Waals surface area contributed by atoms with Crippen molar-refractivity contribution in [2.75, 3.05) is 26.8 Å². The Kier molecular flexibility index (Phi) is 9.70. The normalized spacial score (nSPS) is 21.9. The Hall–Kier alpha value is -2.86. The monoisotopic (exact) mass is 515 g/mol. The lowest BCUT2D eigenvalue weighted by atomic mass is 9.91. The summed E-state index contributed by atoms with van der Waals surface area (Å²) in [5, 5.41) is 0. The van der Waals surface area contributed by atoms with Gasteiger partial charge < -0.3 is 18.9 Å². The molecule has 3 aromatic rings. The van der Waals surface area contributed by atoms with Crippen molar-refractivity contribution in [2.24, 2.45) is 0 Å². The topological polar surface area (TPSA) is 40.2 Å². The van der Waals surface area contributed by atoms with Gasteiger partial charge in [0, 0.05) is 19.1 Å². The Morgan fingerprint density at radius 2 is 1.47 bits per heavy atom. The van der Waals surface area contributed by atoms with Gasteiger partial charge in [0.15, 0.2) is 11.5 Å². The van der Waals surface area contributed by atoms with Crippen molar-refractivity contribution in [1.29, 1.82) is 0 Å². The van der Waals surface area contributed by atoms with Crippen LogP contribution in [0.15, 0.2) is 78.9 Å². The predicted octanol–water partition coefficient (Wildman–Crippen LogP) is 6.44. The van der Waals surface area contributed by atoms with E-state index in [4.69, 9.17) is 18.9 Å². The SMILES string of the molecule is COc1cc(CCO[C@H]2CCCCC2N2CC[C@H](OCc3ccccc3)C2)ccc1OCc1ccccc1. The van der Waals surface area contributed by atoms with E-state index >= 15 is 0 Å². The van der Waals surface area contributed by atoms with Gasteiger partial charge in [-0.15, -0.1) is 0 Å². The van der Waals surface area contributed by atoms with Crippen LogP contribution in [0.3, 0.4) is 0 Å². The first kappa shape index (κ1) is 26.7. The van der Waals surface area contributed by atoms with Crippen LogP contribution >= 0.6 is 0 Å². The molecule has 2 fully saturated rings. The average molecular weight is 516 g/mol. The van der Waals surface area contributed by atoms with Gasteiger partial charge in [-0.3, -0.25) is 4.90 Å². The highest BCUT2D eigenvalue weighted by molar-refractivity contribution is 5.43. The highest BCUT2D eigenvalue weighted by Gasteiger charge is 2.35. The smallest absolute Gasteiger partial charge is 0.161 e. The summed E-state index contributed by atoms with van der Waals surface area (Å²) < 4.78 is 24.4. The molecule has 0 radical (unpaired) electrons. The minimum absolute atomic E-state index is 0.298. The molecule has 202 valence electrons. The third kappa shape index (κ3) is 7.37. The van der Waals surface area contributed by atoms with E-state index in [0.717, 1.165) is 56.0 Å². The number of likely N-dealkylation sites (tertiary alicyclic amines) is 1. The highest BCUT2D eigenvalue weighted by Crippen LogP contribution is 2.31. The molecular weight excluding hydrogens is 474 g/mol. The Morgan fingerprint density at radius 3 is 2.24 bits per heavy atom. The van der Waals surface area contributed by atoms with Crippen molar-refractivity contribution >= 4 is 0 Å². The molecule has 5 heteroatoms. The Bertz CT molecular complexity index is 1110. The number of hydrogen-bond acceptors (Lipinski definition) is 5. The van der Waals surface area contributed by atoms with Crippen molar-refractivity contribution in [3.63, 3.8) is 0 Å². The van der Waals surface area contributed by atoms with Crippen LogP contribution in [0.2, 0.25) is 0 Å². The van der Waals surface area contributed by atoms with Crippen molar-refractivity contribution in [3.05, 3.63) is 95.6 Å². The van der Waals surface area contributed by atoms with Crippen LogP contribution in [0.5, 0.6) is 11.5 Å². The van der Waals surface area contributed by atoms with Crippen LogP contribution in [-0.2, 0) is 29.1 Å². The first-order chi connectivity index (χ1) is 18.8. The maximum atomic E-state index is 6.53. The summed E-state index contributed by atoms with van der Waals surface area (Å²) in [6.45, 7) is 4.06. The second kappa shape index (κ2) is 13.8. The minimum Gasteiger partial charge on any atom is -0.493 e. The lowest BCUT2D eigenvalue weighted by molar-refractivity contribution is -0.0352. The largest absolute Gasteiger partial charge is 0.493 e. The molecule has 1 heterocycles. The van der Waals surface area contributed by atoms with E-state index < -0.39 is 0 Å². The summed E-state index contributed by atoms with van der Waals surface area (Å²) >= 11 is 0. The molecule has 1 saturated heterocycles. The summed E-state index contributed by atoms with van der Waals surface area (Å²) in [5.74, 6) is 1.54. The number of hydrogen-bond donors (Lipinski definition) is 0. The second-order valence-corrected chi connectivity index (χ2v) is 10.5. The summed E-state index contributed by atoms with van der Waals surface area (Å²) in [4.78, 5) is 2.63. The van der Waals surface area contributed by atoms with Crippen LogP contribution in [0.25, 0.3) is 0 Å². The molecule has 38 heavy (non-hydrogen) atoms. The van der Waals surface area contributed by atoms with E-state index in [-0.39, 0.29) is 0 Å². The fourth-order valence-electron chi connectivity index (χ4n) is 5.72. The molecule has 0 aromatic heterocycles. The molecule has 5 rings (SSSR count). The van der Waals surface area contributed by atoms with Crippen LogP contribution in [0, 0.1) is 0 Å². The number of benzene rings is 3. The third-order valence-electron chi connectivity index (χ3n) is 7.83. The third-order valence-corrected chi connectivity index (χ3v) is 7.83. The maximum Gasteiger partial charge on any atom is 0.161 e. The minimum atomic E-state index is 0.298. The second-order valence-electron chi connectivity index (χ2n) is 10.5. The quantitative estimate of drug-likeness (QED) is 0.278.